The molecule has 0 radical (unpaired) electrons. The number of aromatic amines is 2. The van der Waals surface area contributed by atoms with Crippen molar-refractivity contribution in [3.05, 3.63) is 63.9 Å². The number of hydrogen-bond donors (Lipinski definition) is 2. The SMILES string of the molecule is Cc1[nH]c2ccc3[nH]c(-c4ccccc4)nc3c2c(=O)c1C. The van der Waals surface area contributed by atoms with Crippen molar-refractivity contribution in [2.24, 2.45) is 0 Å². The van der Waals surface area contributed by atoms with Crippen molar-refractivity contribution in [3.8, 4) is 11.4 Å². The molecule has 4 heteroatoms. The van der Waals surface area contributed by atoms with Crippen LogP contribution in [0.15, 0.2) is 47.3 Å². The Hall–Kier alpha value is -2.88. The normalized spacial score (nSPS) is 11.4. The van der Waals surface area contributed by atoms with Gasteiger partial charge in [0.1, 0.15) is 11.3 Å². The second-order valence-electron chi connectivity index (χ2n) is 5.54. The Labute approximate surface area is 126 Å². The van der Waals surface area contributed by atoms with Crippen LogP contribution >= 0.6 is 0 Å². The number of nitrogens with zero attached hydrogens (tertiary/aromatic N) is 1. The van der Waals surface area contributed by atoms with Gasteiger partial charge in [0.05, 0.1) is 16.4 Å². The molecule has 0 spiro atoms. The van der Waals surface area contributed by atoms with Crippen LogP contribution in [0.2, 0.25) is 0 Å². The number of aromatic nitrogens is 3. The first-order valence-corrected chi connectivity index (χ1v) is 7.22. The minimum Gasteiger partial charge on any atom is -0.358 e. The number of hydrogen-bond acceptors (Lipinski definition) is 2. The minimum absolute atomic E-state index is 0.0444. The molecule has 4 rings (SSSR count). The molecule has 2 aromatic carbocycles. The van der Waals surface area contributed by atoms with Gasteiger partial charge in [0.2, 0.25) is 0 Å². The molecular formula is C18H15N3O. The Kier molecular flexibility index (Phi) is 2.66. The Bertz CT molecular complexity index is 1060. The number of aryl methyl sites for hydroxylation is 1. The van der Waals surface area contributed by atoms with Gasteiger partial charge in [-0.25, -0.2) is 4.98 Å². The fourth-order valence-corrected chi connectivity index (χ4v) is 2.80. The Morgan fingerprint density at radius 3 is 2.41 bits per heavy atom. The largest absolute Gasteiger partial charge is 0.358 e. The summed E-state index contributed by atoms with van der Waals surface area (Å²) in [5, 5.41) is 0.652. The molecule has 2 N–H and O–H groups in total. The van der Waals surface area contributed by atoms with Gasteiger partial charge in [-0.05, 0) is 26.0 Å². The van der Waals surface area contributed by atoms with E-state index in [9.17, 15) is 4.79 Å². The van der Waals surface area contributed by atoms with Gasteiger partial charge in [-0.3, -0.25) is 4.79 Å². The Morgan fingerprint density at radius 2 is 1.64 bits per heavy atom. The highest BCUT2D eigenvalue weighted by molar-refractivity contribution is 6.03. The standard InChI is InChI=1S/C18H15N3O/c1-10-11(2)19-13-8-9-14-16(15(13)17(10)22)21-18(20-14)12-6-4-3-5-7-12/h3-9H,1-2H3,(H,19,22)(H,20,21). The van der Waals surface area contributed by atoms with E-state index in [0.29, 0.717) is 5.39 Å². The maximum absolute atomic E-state index is 12.6. The third-order valence-corrected chi connectivity index (χ3v) is 4.15. The average Bonchev–Trinajstić information content (AvgIpc) is 2.97. The summed E-state index contributed by atoms with van der Waals surface area (Å²) in [7, 11) is 0. The number of nitrogens with one attached hydrogen (secondary N) is 2. The Balaban J connectivity index is 2.11. The molecule has 0 fully saturated rings. The van der Waals surface area contributed by atoms with Gasteiger partial charge in [0.25, 0.3) is 0 Å². The summed E-state index contributed by atoms with van der Waals surface area (Å²) >= 11 is 0. The lowest BCUT2D eigenvalue weighted by Crippen LogP contribution is -2.09. The topological polar surface area (TPSA) is 61.5 Å². The lowest BCUT2D eigenvalue weighted by Gasteiger charge is -2.04. The van der Waals surface area contributed by atoms with E-state index >= 15 is 0 Å². The molecule has 0 saturated carbocycles. The van der Waals surface area contributed by atoms with Crippen LogP contribution in [-0.2, 0) is 0 Å². The zero-order valence-electron chi connectivity index (χ0n) is 12.4. The molecule has 0 aliphatic heterocycles. The van der Waals surface area contributed by atoms with Crippen molar-refractivity contribution < 1.29 is 0 Å². The molecular weight excluding hydrogens is 274 g/mol. The van der Waals surface area contributed by atoms with Gasteiger partial charge in [0, 0.05) is 16.8 Å². The summed E-state index contributed by atoms with van der Waals surface area (Å²) in [4.78, 5) is 23.9. The second-order valence-corrected chi connectivity index (χ2v) is 5.54. The van der Waals surface area contributed by atoms with Crippen LogP contribution in [0.1, 0.15) is 11.3 Å². The van der Waals surface area contributed by atoms with Crippen LogP contribution in [-0.4, -0.2) is 15.0 Å². The smallest absolute Gasteiger partial charge is 0.194 e. The van der Waals surface area contributed by atoms with Crippen molar-refractivity contribution >= 4 is 21.9 Å². The molecule has 0 aliphatic carbocycles. The summed E-state index contributed by atoms with van der Waals surface area (Å²) in [5.74, 6) is 0.778. The first-order valence-electron chi connectivity index (χ1n) is 7.22. The molecule has 2 heterocycles. The van der Waals surface area contributed by atoms with Gasteiger partial charge in [-0.2, -0.15) is 0 Å². The van der Waals surface area contributed by atoms with Crippen LogP contribution in [0.4, 0.5) is 0 Å². The molecule has 0 bridgehead atoms. The number of H-pyrrole nitrogens is 2. The van der Waals surface area contributed by atoms with Gasteiger partial charge in [0.15, 0.2) is 5.43 Å². The van der Waals surface area contributed by atoms with E-state index < -0.39 is 0 Å². The number of rotatable bonds is 1. The number of imidazole rings is 1. The van der Waals surface area contributed by atoms with Gasteiger partial charge < -0.3 is 9.97 Å². The van der Waals surface area contributed by atoms with E-state index in [4.69, 9.17) is 0 Å². The van der Waals surface area contributed by atoms with E-state index in [-0.39, 0.29) is 5.43 Å². The van der Waals surface area contributed by atoms with Crippen LogP contribution in [0.25, 0.3) is 33.3 Å². The molecule has 4 aromatic rings. The van der Waals surface area contributed by atoms with Gasteiger partial charge >= 0.3 is 0 Å². The maximum atomic E-state index is 12.6. The highest BCUT2D eigenvalue weighted by atomic mass is 16.1. The van der Waals surface area contributed by atoms with Crippen LogP contribution in [0, 0.1) is 13.8 Å². The monoisotopic (exact) mass is 289 g/mol. The quantitative estimate of drug-likeness (QED) is 0.561. The molecule has 0 aliphatic rings. The number of fused-ring (bicyclic) bond motifs is 3. The van der Waals surface area contributed by atoms with Crippen LogP contribution in [0.5, 0.6) is 0 Å². The first kappa shape index (κ1) is 12.8. The molecule has 0 unspecified atom stereocenters. The van der Waals surface area contributed by atoms with Crippen molar-refractivity contribution in [2.75, 3.05) is 0 Å². The zero-order valence-corrected chi connectivity index (χ0v) is 12.4. The minimum atomic E-state index is 0.0444. The number of benzene rings is 2. The van der Waals surface area contributed by atoms with Crippen molar-refractivity contribution in [3.63, 3.8) is 0 Å². The molecule has 0 amide bonds. The predicted molar refractivity (Wildman–Crippen MR) is 89.1 cm³/mol. The Morgan fingerprint density at radius 1 is 0.909 bits per heavy atom. The number of pyridine rings is 1. The molecule has 0 saturated heterocycles. The van der Waals surface area contributed by atoms with Gasteiger partial charge in [-0.1, -0.05) is 30.3 Å². The molecule has 0 atom stereocenters. The molecule has 22 heavy (non-hydrogen) atoms. The van der Waals surface area contributed by atoms with Crippen molar-refractivity contribution in [1.29, 1.82) is 0 Å². The summed E-state index contributed by atoms with van der Waals surface area (Å²) < 4.78 is 0. The van der Waals surface area contributed by atoms with Crippen molar-refractivity contribution in [1.82, 2.24) is 15.0 Å². The van der Waals surface area contributed by atoms with E-state index in [2.05, 4.69) is 15.0 Å². The van der Waals surface area contributed by atoms with Gasteiger partial charge in [-0.15, -0.1) is 0 Å². The molecule has 4 nitrogen and oxygen atoms in total. The fourth-order valence-electron chi connectivity index (χ4n) is 2.80. The van der Waals surface area contributed by atoms with E-state index in [1.807, 2.05) is 56.3 Å². The summed E-state index contributed by atoms with van der Waals surface area (Å²) in [6.07, 6.45) is 0. The van der Waals surface area contributed by atoms with E-state index in [1.54, 1.807) is 0 Å². The van der Waals surface area contributed by atoms with Crippen LogP contribution < -0.4 is 5.43 Å². The third kappa shape index (κ3) is 1.77. The fraction of sp³-hybridized carbons (Fsp3) is 0.111. The molecule has 2 aromatic heterocycles. The first-order chi connectivity index (χ1) is 10.6. The second kappa shape index (κ2) is 4.56. The predicted octanol–water partition coefficient (Wildman–Crippen LogP) is 3.69. The summed E-state index contributed by atoms with van der Waals surface area (Å²) in [6.45, 7) is 3.76. The highest BCUT2D eigenvalue weighted by Crippen LogP contribution is 2.25. The lowest BCUT2D eigenvalue weighted by atomic mass is 10.1. The third-order valence-electron chi connectivity index (χ3n) is 4.15. The summed E-state index contributed by atoms with van der Waals surface area (Å²) in [6, 6.07) is 13.8. The van der Waals surface area contributed by atoms with E-state index in [1.165, 1.54) is 0 Å². The molecule has 108 valence electrons. The highest BCUT2D eigenvalue weighted by Gasteiger charge is 2.13. The van der Waals surface area contributed by atoms with E-state index in [0.717, 1.165) is 39.2 Å². The summed E-state index contributed by atoms with van der Waals surface area (Å²) in [5.41, 5.74) is 5.11. The lowest BCUT2D eigenvalue weighted by molar-refractivity contribution is 1.18. The maximum Gasteiger partial charge on any atom is 0.194 e. The zero-order chi connectivity index (χ0) is 15.3. The van der Waals surface area contributed by atoms with Crippen LogP contribution in [0.3, 0.4) is 0 Å². The average molecular weight is 289 g/mol. The van der Waals surface area contributed by atoms with Crippen molar-refractivity contribution in [2.45, 2.75) is 13.8 Å².